The highest BCUT2D eigenvalue weighted by atomic mass is 32.2. The number of benzene rings is 1. The van der Waals surface area contributed by atoms with E-state index in [1.54, 1.807) is 0 Å². The number of hydrogen-bond donors (Lipinski definition) is 1. The minimum atomic E-state index is -4.75. The van der Waals surface area contributed by atoms with Crippen molar-refractivity contribution in [2.24, 2.45) is 5.92 Å². The minimum Gasteiger partial charge on any atom is -0.353 e. The number of rotatable bonds is 6. The van der Waals surface area contributed by atoms with Gasteiger partial charge in [-0.1, -0.05) is 25.5 Å². The Morgan fingerprint density at radius 3 is 2.41 bits per heavy atom. The van der Waals surface area contributed by atoms with E-state index in [-0.39, 0.29) is 43.8 Å². The SMILES string of the molecule is CCC[C@H](C)NC(=O)C1CCN(S(=O)(=O)c2ccccc2C(F)(F)F)CC1. The van der Waals surface area contributed by atoms with E-state index in [9.17, 15) is 26.4 Å². The van der Waals surface area contributed by atoms with Crippen LogP contribution in [0, 0.1) is 5.92 Å². The number of amides is 1. The monoisotopic (exact) mass is 406 g/mol. The lowest BCUT2D eigenvalue weighted by molar-refractivity contribution is -0.139. The van der Waals surface area contributed by atoms with Crippen LogP contribution in [-0.4, -0.2) is 37.8 Å². The van der Waals surface area contributed by atoms with Gasteiger partial charge in [0.25, 0.3) is 0 Å². The maximum atomic E-state index is 13.2. The molecule has 1 aliphatic rings. The molecule has 0 spiro atoms. The Labute approximate surface area is 158 Å². The zero-order chi connectivity index (χ0) is 20.2. The summed E-state index contributed by atoms with van der Waals surface area (Å²) in [6.45, 7) is 3.98. The lowest BCUT2D eigenvalue weighted by Crippen LogP contribution is -2.45. The molecule has 0 aromatic heterocycles. The van der Waals surface area contributed by atoms with Gasteiger partial charge in [-0.15, -0.1) is 0 Å². The van der Waals surface area contributed by atoms with Gasteiger partial charge in [0, 0.05) is 25.0 Å². The third kappa shape index (κ3) is 5.22. The molecule has 9 heteroatoms. The van der Waals surface area contributed by atoms with Crippen LogP contribution < -0.4 is 5.32 Å². The van der Waals surface area contributed by atoms with E-state index >= 15 is 0 Å². The number of hydrogen-bond acceptors (Lipinski definition) is 3. The molecule has 5 nitrogen and oxygen atoms in total. The maximum Gasteiger partial charge on any atom is 0.417 e. The van der Waals surface area contributed by atoms with Gasteiger partial charge in [-0.05, 0) is 38.3 Å². The van der Waals surface area contributed by atoms with E-state index in [0.717, 1.165) is 35.3 Å². The highest BCUT2D eigenvalue weighted by Gasteiger charge is 2.40. The lowest BCUT2D eigenvalue weighted by atomic mass is 9.96. The van der Waals surface area contributed by atoms with Crippen molar-refractivity contribution in [3.63, 3.8) is 0 Å². The molecule has 0 saturated carbocycles. The van der Waals surface area contributed by atoms with Crippen molar-refractivity contribution in [1.29, 1.82) is 0 Å². The van der Waals surface area contributed by atoms with E-state index < -0.39 is 26.7 Å². The van der Waals surface area contributed by atoms with E-state index in [2.05, 4.69) is 5.32 Å². The molecule has 1 N–H and O–H groups in total. The molecule has 0 unspecified atom stereocenters. The van der Waals surface area contributed by atoms with Gasteiger partial charge < -0.3 is 5.32 Å². The van der Waals surface area contributed by atoms with Crippen molar-refractivity contribution in [3.8, 4) is 0 Å². The van der Waals surface area contributed by atoms with E-state index in [0.29, 0.717) is 0 Å². The first kappa shape index (κ1) is 21.7. The zero-order valence-corrected chi connectivity index (χ0v) is 16.2. The second-order valence-electron chi connectivity index (χ2n) is 6.87. The Hall–Kier alpha value is -1.61. The number of sulfonamides is 1. The van der Waals surface area contributed by atoms with Gasteiger partial charge >= 0.3 is 6.18 Å². The van der Waals surface area contributed by atoms with Crippen LogP contribution in [-0.2, 0) is 21.0 Å². The normalized spacial score (nSPS) is 18.3. The van der Waals surface area contributed by atoms with Crippen molar-refractivity contribution in [3.05, 3.63) is 29.8 Å². The number of nitrogens with zero attached hydrogens (tertiary/aromatic N) is 1. The molecule has 1 amide bonds. The molecular weight excluding hydrogens is 381 g/mol. The average Bonchev–Trinajstić information content (AvgIpc) is 2.61. The van der Waals surface area contributed by atoms with Gasteiger partial charge in [-0.25, -0.2) is 8.42 Å². The van der Waals surface area contributed by atoms with Gasteiger partial charge in [0.1, 0.15) is 0 Å². The molecule has 0 radical (unpaired) electrons. The van der Waals surface area contributed by atoms with Gasteiger partial charge in [0.15, 0.2) is 0 Å². The third-order valence-corrected chi connectivity index (χ3v) is 6.70. The molecular formula is C18H25F3N2O3S. The highest BCUT2D eigenvalue weighted by molar-refractivity contribution is 7.89. The van der Waals surface area contributed by atoms with Crippen LogP contribution in [0.25, 0.3) is 0 Å². The molecule has 1 atom stereocenters. The van der Waals surface area contributed by atoms with Gasteiger partial charge in [0.2, 0.25) is 15.9 Å². The molecule has 0 aliphatic carbocycles. The first-order valence-corrected chi connectivity index (χ1v) is 10.5. The van der Waals surface area contributed by atoms with Gasteiger partial charge in [-0.2, -0.15) is 17.5 Å². The summed E-state index contributed by atoms with van der Waals surface area (Å²) in [4.78, 5) is 11.5. The third-order valence-electron chi connectivity index (χ3n) is 4.75. The zero-order valence-electron chi connectivity index (χ0n) is 15.4. The first-order valence-electron chi connectivity index (χ1n) is 9.04. The van der Waals surface area contributed by atoms with Crippen molar-refractivity contribution >= 4 is 15.9 Å². The Balaban J connectivity index is 2.09. The van der Waals surface area contributed by atoms with Gasteiger partial charge in [-0.3, -0.25) is 4.79 Å². The van der Waals surface area contributed by atoms with E-state index in [1.165, 1.54) is 6.07 Å². The second-order valence-corrected chi connectivity index (χ2v) is 8.78. The summed E-state index contributed by atoms with van der Waals surface area (Å²) in [5, 5.41) is 2.91. The average molecular weight is 406 g/mol. The molecule has 1 saturated heterocycles. The molecule has 152 valence electrons. The molecule has 27 heavy (non-hydrogen) atoms. The maximum absolute atomic E-state index is 13.2. The lowest BCUT2D eigenvalue weighted by Gasteiger charge is -2.31. The van der Waals surface area contributed by atoms with Crippen LogP contribution in [0.3, 0.4) is 0 Å². The molecule has 0 bridgehead atoms. The molecule has 1 aromatic rings. The molecule has 2 rings (SSSR count). The van der Waals surface area contributed by atoms with Crippen LogP contribution in [0.5, 0.6) is 0 Å². The molecule has 1 aromatic carbocycles. The van der Waals surface area contributed by atoms with Crippen molar-refractivity contribution in [2.75, 3.05) is 13.1 Å². The number of piperidine rings is 1. The quantitative estimate of drug-likeness (QED) is 0.787. The highest BCUT2D eigenvalue weighted by Crippen LogP contribution is 2.36. The van der Waals surface area contributed by atoms with Gasteiger partial charge in [0.05, 0.1) is 10.5 Å². The van der Waals surface area contributed by atoms with Crippen molar-refractivity contribution < 1.29 is 26.4 Å². The fourth-order valence-electron chi connectivity index (χ4n) is 3.29. The number of carbonyl (C=O) groups is 1. The number of nitrogens with one attached hydrogen (secondary N) is 1. The fraction of sp³-hybridized carbons (Fsp3) is 0.611. The smallest absolute Gasteiger partial charge is 0.353 e. The predicted octanol–water partition coefficient (Wildman–Crippen LogP) is 3.41. The topological polar surface area (TPSA) is 66.5 Å². The standard InChI is InChI=1S/C18H25F3N2O3S/c1-3-6-13(2)22-17(24)14-9-11-23(12-10-14)27(25,26)16-8-5-4-7-15(16)18(19,20)21/h4-5,7-8,13-14H,3,6,9-12H2,1-2H3,(H,22,24)/t13-/m0/s1. The van der Waals surface area contributed by atoms with Crippen LogP contribution in [0.4, 0.5) is 13.2 Å². The Kier molecular flexibility index (Phi) is 6.91. The summed E-state index contributed by atoms with van der Waals surface area (Å²) in [5.74, 6) is -0.447. The summed E-state index contributed by atoms with van der Waals surface area (Å²) < 4.78 is 66.0. The number of carbonyl (C=O) groups excluding carboxylic acids is 1. The molecule has 1 aliphatic heterocycles. The molecule has 1 heterocycles. The molecule has 1 fully saturated rings. The predicted molar refractivity (Wildman–Crippen MR) is 95.4 cm³/mol. The van der Waals surface area contributed by atoms with Crippen molar-refractivity contribution in [1.82, 2.24) is 9.62 Å². The summed E-state index contributed by atoms with van der Waals surface area (Å²) in [7, 11) is -4.28. The summed E-state index contributed by atoms with van der Waals surface area (Å²) in [6, 6.07) is 4.22. The number of alkyl halides is 3. The minimum absolute atomic E-state index is 0.0226. The summed E-state index contributed by atoms with van der Waals surface area (Å²) in [5.41, 5.74) is -1.17. The second kappa shape index (κ2) is 8.60. The summed E-state index contributed by atoms with van der Waals surface area (Å²) in [6.07, 6.45) is -2.38. The van der Waals surface area contributed by atoms with E-state index in [1.807, 2.05) is 13.8 Å². The fourth-order valence-corrected chi connectivity index (χ4v) is 4.97. The largest absolute Gasteiger partial charge is 0.417 e. The summed E-state index contributed by atoms with van der Waals surface area (Å²) >= 11 is 0. The van der Waals surface area contributed by atoms with Crippen LogP contribution in [0.2, 0.25) is 0 Å². The van der Waals surface area contributed by atoms with Crippen LogP contribution in [0.1, 0.15) is 45.1 Å². The van der Waals surface area contributed by atoms with Crippen LogP contribution >= 0.6 is 0 Å². The van der Waals surface area contributed by atoms with E-state index in [4.69, 9.17) is 0 Å². The first-order chi connectivity index (χ1) is 12.6. The van der Waals surface area contributed by atoms with Crippen molar-refractivity contribution in [2.45, 2.75) is 56.6 Å². The Morgan fingerprint density at radius 1 is 1.26 bits per heavy atom. The van der Waals surface area contributed by atoms with Crippen LogP contribution in [0.15, 0.2) is 29.2 Å². The Bertz CT molecular complexity index is 757. The Morgan fingerprint density at radius 2 is 1.85 bits per heavy atom. The number of halogens is 3.